The smallest absolute Gasteiger partial charge is 0.253 e. The van der Waals surface area contributed by atoms with Crippen molar-refractivity contribution >= 4 is 27.6 Å². The summed E-state index contributed by atoms with van der Waals surface area (Å²) in [6.45, 7) is 3.92. The van der Waals surface area contributed by atoms with Crippen LogP contribution in [-0.2, 0) is 25.8 Å². The lowest BCUT2D eigenvalue weighted by Crippen LogP contribution is -2.60. The Balaban J connectivity index is 1.95. The van der Waals surface area contributed by atoms with Gasteiger partial charge >= 0.3 is 0 Å². The number of nitrogens with zero attached hydrogens (tertiary/aromatic N) is 1. The van der Waals surface area contributed by atoms with Crippen molar-refractivity contribution in [2.75, 3.05) is 19.5 Å². The van der Waals surface area contributed by atoms with Gasteiger partial charge in [0.15, 0.2) is 9.84 Å². The highest BCUT2D eigenvalue weighted by Crippen LogP contribution is 2.19. The molecule has 3 amide bonds. The molecule has 50 heavy (non-hydrogen) atoms. The molecule has 0 saturated heterocycles. The molecule has 272 valence electrons. The molecule has 0 aliphatic heterocycles. The van der Waals surface area contributed by atoms with E-state index in [2.05, 4.69) is 20.9 Å². The third-order valence-electron chi connectivity index (χ3n) is 8.46. The molecular formula is C37H50N4O8S. The molecule has 5 atom stereocenters. The highest BCUT2D eigenvalue weighted by molar-refractivity contribution is 7.92. The molecule has 2 aromatic carbocycles. The van der Waals surface area contributed by atoms with Crippen molar-refractivity contribution in [3.05, 3.63) is 102 Å². The van der Waals surface area contributed by atoms with Crippen LogP contribution in [0.1, 0.15) is 72.2 Å². The monoisotopic (exact) mass is 710 g/mol. The van der Waals surface area contributed by atoms with E-state index in [0.29, 0.717) is 36.8 Å². The maximum Gasteiger partial charge on any atom is 0.253 e. The zero-order valence-electron chi connectivity index (χ0n) is 28.9. The Kier molecular flexibility index (Phi) is 16.5. The van der Waals surface area contributed by atoms with Crippen molar-refractivity contribution in [2.24, 2.45) is 0 Å². The number of sulfone groups is 1. The summed E-state index contributed by atoms with van der Waals surface area (Å²) in [5.74, 6) is -2.69. The second-order valence-corrected chi connectivity index (χ2v) is 14.6. The quantitative estimate of drug-likeness (QED) is 0.111. The predicted octanol–water partition coefficient (Wildman–Crippen LogP) is 2.85. The summed E-state index contributed by atoms with van der Waals surface area (Å²) in [5.41, 5.74) is 1.19. The van der Waals surface area contributed by atoms with Crippen LogP contribution in [0.25, 0.3) is 0 Å². The summed E-state index contributed by atoms with van der Waals surface area (Å²) in [6, 6.07) is 16.7. The van der Waals surface area contributed by atoms with Gasteiger partial charge in [-0.3, -0.25) is 19.4 Å². The van der Waals surface area contributed by atoms with E-state index in [4.69, 9.17) is 4.74 Å². The zero-order valence-corrected chi connectivity index (χ0v) is 29.7. The molecule has 1 aromatic heterocycles. The summed E-state index contributed by atoms with van der Waals surface area (Å²) >= 11 is 0. The molecule has 1 heterocycles. The molecule has 0 fully saturated rings. The van der Waals surface area contributed by atoms with Gasteiger partial charge in [0.2, 0.25) is 5.91 Å². The van der Waals surface area contributed by atoms with Crippen molar-refractivity contribution in [3.63, 3.8) is 0 Å². The number of ether oxygens (including phenoxy) is 1. The summed E-state index contributed by atoms with van der Waals surface area (Å²) in [6.07, 6.45) is 1.78. The van der Waals surface area contributed by atoms with Crippen LogP contribution >= 0.6 is 0 Å². The van der Waals surface area contributed by atoms with Crippen molar-refractivity contribution in [1.82, 2.24) is 20.9 Å². The minimum Gasteiger partial charge on any atom is -0.388 e. The van der Waals surface area contributed by atoms with Gasteiger partial charge in [0.25, 0.3) is 11.8 Å². The molecule has 5 N–H and O–H groups in total. The lowest BCUT2D eigenvalue weighted by Gasteiger charge is -2.34. The number of hydrogen-bond acceptors (Lipinski definition) is 9. The summed E-state index contributed by atoms with van der Waals surface area (Å²) in [4.78, 5) is 44.3. The van der Waals surface area contributed by atoms with E-state index in [1.807, 2.05) is 13.8 Å². The van der Waals surface area contributed by atoms with E-state index >= 15 is 0 Å². The number of carbonyl (C=O) groups excluding carboxylic acids is 3. The lowest BCUT2D eigenvalue weighted by molar-refractivity contribution is -0.125. The second kappa shape index (κ2) is 20.5. The Bertz CT molecular complexity index is 1570. The SMILES string of the molecule is CCCC(CCC)S(=O)(=O)C[C@@H](NC(=O)c1cccnc1)C(=O)N[C@@H](Cc1ccccc1)[C@@H](O)[C@H](O)[C@@H](CCOC)NC(=O)c1ccccc1. The van der Waals surface area contributed by atoms with Crippen LogP contribution in [0.2, 0.25) is 0 Å². The minimum atomic E-state index is -3.88. The van der Waals surface area contributed by atoms with Crippen LogP contribution in [0.4, 0.5) is 0 Å². The van der Waals surface area contributed by atoms with E-state index < -0.39 is 68.9 Å². The van der Waals surface area contributed by atoms with Gasteiger partial charge in [-0.2, -0.15) is 0 Å². The maximum atomic E-state index is 14.1. The Labute approximate surface area is 295 Å². The molecule has 3 rings (SSSR count). The van der Waals surface area contributed by atoms with Crippen LogP contribution in [0.3, 0.4) is 0 Å². The number of amides is 3. The number of aliphatic hydroxyl groups is 2. The Morgan fingerprint density at radius 2 is 1.34 bits per heavy atom. The first-order valence-corrected chi connectivity index (χ1v) is 18.7. The fourth-order valence-corrected chi connectivity index (χ4v) is 7.90. The van der Waals surface area contributed by atoms with Gasteiger partial charge in [-0.05, 0) is 55.5 Å². The Morgan fingerprint density at radius 1 is 0.760 bits per heavy atom. The first-order valence-electron chi connectivity index (χ1n) is 17.0. The molecule has 0 aliphatic rings. The standard InChI is InChI=1S/C37H50N4O8S/c1-4-13-29(14-5-2)50(47,48)25-32(41-36(45)28-19-12-21-38-24-28)37(46)40-31(23-26-15-8-6-9-16-26)34(43)33(42)30(20-22-49-3)39-35(44)27-17-10-7-11-18-27/h6-12,15-19,21,24,29-34,42-43H,4-5,13-14,20,22-23,25H2,1-3H3,(H,39,44)(H,40,46)(H,41,45)/t30-,31+,32-,33-,34-/m1/s1. The third kappa shape index (κ3) is 12.3. The fourth-order valence-electron chi connectivity index (χ4n) is 5.74. The van der Waals surface area contributed by atoms with E-state index in [1.165, 1.54) is 25.6 Å². The van der Waals surface area contributed by atoms with Crippen LogP contribution in [0, 0.1) is 0 Å². The van der Waals surface area contributed by atoms with Gasteiger partial charge in [-0.15, -0.1) is 0 Å². The van der Waals surface area contributed by atoms with Gasteiger partial charge in [0.1, 0.15) is 18.2 Å². The van der Waals surface area contributed by atoms with Crippen molar-refractivity contribution < 1.29 is 37.8 Å². The third-order valence-corrected chi connectivity index (χ3v) is 10.7. The highest BCUT2D eigenvalue weighted by Gasteiger charge is 2.37. The molecule has 0 bridgehead atoms. The predicted molar refractivity (Wildman–Crippen MR) is 191 cm³/mol. The van der Waals surface area contributed by atoms with Crippen molar-refractivity contribution in [3.8, 4) is 0 Å². The van der Waals surface area contributed by atoms with E-state index in [1.54, 1.807) is 66.7 Å². The van der Waals surface area contributed by atoms with E-state index in [9.17, 15) is 33.0 Å². The number of aromatic nitrogens is 1. The second-order valence-electron chi connectivity index (χ2n) is 12.3. The molecule has 0 spiro atoms. The summed E-state index contributed by atoms with van der Waals surface area (Å²) < 4.78 is 32.6. The van der Waals surface area contributed by atoms with E-state index in [0.717, 1.165) is 0 Å². The Hall–Kier alpha value is -4.17. The molecule has 0 aliphatic carbocycles. The number of methoxy groups -OCH3 is 1. The summed E-state index contributed by atoms with van der Waals surface area (Å²) in [7, 11) is -2.41. The van der Waals surface area contributed by atoms with Crippen LogP contribution in [-0.4, -0.2) is 96.4 Å². The normalized spacial score (nSPS) is 14.6. The average Bonchev–Trinajstić information content (AvgIpc) is 3.13. The van der Waals surface area contributed by atoms with Crippen LogP contribution in [0.5, 0.6) is 0 Å². The number of benzene rings is 2. The number of nitrogens with one attached hydrogen (secondary N) is 3. The molecule has 0 saturated carbocycles. The van der Waals surface area contributed by atoms with Gasteiger partial charge in [-0.1, -0.05) is 75.2 Å². The number of rotatable bonds is 21. The van der Waals surface area contributed by atoms with E-state index in [-0.39, 0.29) is 25.0 Å². The topological polar surface area (TPSA) is 184 Å². The summed E-state index contributed by atoms with van der Waals surface area (Å²) in [5, 5.41) is 30.6. The van der Waals surface area contributed by atoms with Gasteiger partial charge in [0, 0.05) is 31.7 Å². The fraction of sp³-hybridized carbons (Fsp3) is 0.459. The molecule has 12 nitrogen and oxygen atoms in total. The van der Waals surface area contributed by atoms with Crippen LogP contribution in [0.15, 0.2) is 85.2 Å². The molecule has 0 radical (unpaired) electrons. The zero-order chi connectivity index (χ0) is 36.5. The average molecular weight is 711 g/mol. The van der Waals surface area contributed by atoms with Crippen molar-refractivity contribution in [1.29, 1.82) is 0 Å². The largest absolute Gasteiger partial charge is 0.388 e. The molecular weight excluding hydrogens is 660 g/mol. The lowest BCUT2D eigenvalue weighted by atomic mass is 9.92. The number of aliphatic hydroxyl groups excluding tert-OH is 2. The maximum absolute atomic E-state index is 14.1. The molecule has 13 heteroatoms. The highest BCUT2D eigenvalue weighted by atomic mass is 32.2. The van der Waals surface area contributed by atoms with Crippen molar-refractivity contribution in [2.45, 2.75) is 88.0 Å². The molecule has 0 unspecified atom stereocenters. The van der Waals surface area contributed by atoms with Crippen LogP contribution < -0.4 is 16.0 Å². The first-order chi connectivity index (χ1) is 24.0. The number of carbonyl (C=O) groups is 3. The Morgan fingerprint density at radius 3 is 1.92 bits per heavy atom. The van der Waals surface area contributed by atoms with Gasteiger partial charge in [-0.25, -0.2) is 8.42 Å². The van der Waals surface area contributed by atoms with Gasteiger partial charge < -0.3 is 30.9 Å². The minimum absolute atomic E-state index is 0.0404. The van der Waals surface area contributed by atoms with Gasteiger partial charge in [0.05, 0.1) is 28.6 Å². The molecule has 3 aromatic rings. The number of pyridine rings is 1. The number of hydrogen-bond donors (Lipinski definition) is 5. The first kappa shape index (κ1) is 40.3.